The van der Waals surface area contributed by atoms with Crippen molar-refractivity contribution in [2.45, 2.75) is 70.3 Å². The summed E-state index contributed by atoms with van der Waals surface area (Å²) < 4.78 is 55.3. The summed E-state index contributed by atoms with van der Waals surface area (Å²) in [5, 5.41) is 8.78. The second kappa shape index (κ2) is 15.4. The molecule has 0 aliphatic rings. The number of carbonyl (C=O) groups is 1. The van der Waals surface area contributed by atoms with E-state index in [1.54, 1.807) is 12.1 Å². The lowest BCUT2D eigenvalue weighted by atomic mass is 10.0. The number of hydrogen-bond donors (Lipinski definition) is 1. The number of ether oxygens (including phenoxy) is 1. The second-order valence-electron chi connectivity index (χ2n) is 9.12. The van der Waals surface area contributed by atoms with Crippen LogP contribution in [0.5, 0.6) is 5.75 Å². The van der Waals surface area contributed by atoms with Crippen molar-refractivity contribution in [3.8, 4) is 5.75 Å². The predicted molar refractivity (Wildman–Crippen MR) is 123 cm³/mol. The number of alkyl halides is 3. The summed E-state index contributed by atoms with van der Waals surface area (Å²) in [6.45, 7) is 2.63. The van der Waals surface area contributed by atoms with Crippen molar-refractivity contribution in [2.75, 3.05) is 34.8 Å². The SMILES string of the molecule is CCCCCCCCCc1ccc(OP(=O)(O)C(C[N+](C)(C)C)OC)cc1.O=C([O-])C(F)(F)F. The van der Waals surface area contributed by atoms with E-state index < -0.39 is 25.6 Å². The number of halogens is 3. The van der Waals surface area contributed by atoms with Crippen LogP contribution in [0.2, 0.25) is 0 Å². The third-order valence-corrected chi connectivity index (χ3v) is 6.37. The van der Waals surface area contributed by atoms with Gasteiger partial charge in [0.1, 0.15) is 18.3 Å². The van der Waals surface area contributed by atoms with Crippen molar-refractivity contribution in [1.82, 2.24) is 0 Å². The van der Waals surface area contributed by atoms with Gasteiger partial charge in [-0.25, -0.2) is 4.57 Å². The van der Waals surface area contributed by atoms with Gasteiger partial charge in [-0.05, 0) is 30.5 Å². The number of aliphatic carboxylic acids is 1. The number of rotatable bonds is 14. The topological polar surface area (TPSA) is 95.9 Å². The van der Waals surface area contributed by atoms with Crippen LogP contribution in [0.4, 0.5) is 13.2 Å². The van der Waals surface area contributed by atoms with Crippen molar-refractivity contribution in [1.29, 1.82) is 0 Å². The summed E-state index contributed by atoms with van der Waals surface area (Å²) in [4.78, 5) is 19.1. The van der Waals surface area contributed by atoms with Crippen LogP contribution in [0, 0.1) is 0 Å². The summed E-state index contributed by atoms with van der Waals surface area (Å²) in [5.41, 5.74) is 1.23. The standard InChI is InChI=1S/C21H38NO4P.C2HF3O2/c1-6-7-8-9-10-11-12-13-19-14-16-20(17-15-19)26-27(23,24)21(25-5)18-22(2,3)4;3-2(4,5)1(6)7/h14-17,21H,6-13,18H2,1-5H3;(H,6,7). The first-order valence-electron chi connectivity index (χ1n) is 11.3. The first-order chi connectivity index (χ1) is 15.6. The molecule has 1 rings (SSSR count). The second-order valence-corrected chi connectivity index (χ2v) is 11.0. The third-order valence-electron chi connectivity index (χ3n) is 4.80. The summed E-state index contributed by atoms with van der Waals surface area (Å²) in [6, 6.07) is 7.51. The molecule has 0 bridgehead atoms. The van der Waals surface area contributed by atoms with Crippen molar-refractivity contribution < 1.29 is 46.3 Å². The smallest absolute Gasteiger partial charge is 0.430 e. The largest absolute Gasteiger partial charge is 0.542 e. The molecule has 0 spiro atoms. The number of quaternary nitrogens is 1. The van der Waals surface area contributed by atoms with Crippen molar-refractivity contribution in [3.63, 3.8) is 0 Å². The molecule has 0 aliphatic heterocycles. The zero-order chi connectivity index (χ0) is 26.4. The Morgan fingerprint density at radius 1 is 1.06 bits per heavy atom. The average Bonchev–Trinajstić information content (AvgIpc) is 2.71. The van der Waals surface area contributed by atoms with Crippen LogP contribution in [0.25, 0.3) is 0 Å². The molecule has 1 aromatic rings. The highest BCUT2D eigenvalue weighted by molar-refractivity contribution is 7.53. The summed E-state index contributed by atoms with van der Waals surface area (Å²) in [5.74, 6) is -3.45. The molecular formula is C23H39F3NO6P. The van der Waals surface area contributed by atoms with Crippen molar-refractivity contribution in [3.05, 3.63) is 29.8 Å². The maximum Gasteiger partial charge on any atom is 0.430 e. The van der Waals surface area contributed by atoms with E-state index in [0.29, 0.717) is 16.8 Å². The molecule has 11 heteroatoms. The average molecular weight is 514 g/mol. The van der Waals surface area contributed by atoms with Gasteiger partial charge in [-0.1, -0.05) is 57.6 Å². The fourth-order valence-electron chi connectivity index (χ4n) is 2.99. The number of benzene rings is 1. The van der Waals surface area contributed by atoms with E-state index in [-0.39, 0.29) is 0 Å². The van der Waals surface area contributed by atoms with Gasteiger partial charge in [-0.15, -0.1) is 0 Å². The highest BCUT2D eigenvalue weighted by atomic mass is 31.2. The van der Waals surface area contributed by atoms with Gasteiger partial charge in [0.15, 0.2) is 0 Å². The molecule has 0 aliphatic carbocycles. The molecule has 0 fully saturated rings. The minimum Gasteiger partial charge on any atom is -0.542 e. The Labute approximate surface area is 201 Å². The Kier molecular flexibility index (Phi) is 14.7. The van der Waals surface area contributed by atoms with Gasteiger partial charge in [-0.2, -0.15) is 13.2 Å². The Morgan fingerprint density at radius 3 is 1.94 bits per heavy atom. The van der Waals surface area contributed by atoms with Crippen LogP contribution < -0.4 is 9.63 Å². The minimum absolute atomic E-state index is 0.390. The molecule has 2 atom stereocenters. The van der Waals surface area contributed by atoms with E-state index in [1.807, 2.05) is 33.3 Å². The van der Waals surface area contributed by atoms with Crippen LogP contribution in [0.15, 0.2) is 24.3 Å². The lowest BCUT2D eigenvalue weighted by Gasteiger charge is -2.30. The van der Waals surface area contributed by atoms with Gasteiger partial charge in [0, 0.05) is 7.11 Å². The first kappa shape index (κ1) is 32.4. The zero-order valence-electron chi connectivity index (χ0n) is 20.8. The molecule has 7 nitrogen and oxygen atoms in total. The number of carbonyl (C=O) groups excluding carboxylic acids is 1. The molecule has 2 unspecified atom stereocenters. The van der Waals surface area contributed by atoms with Crippen LogP contribution >= 0.6 is 7.60 Å². The predicted octanol–water partition coefficient (Wildman–Crippen LogP) is 4.52. The maximum atomic E-state index is 12.6. The van der Waals surface area contributed by atoms with Crippen LogP contribution in [-0.2, 0) is 20.5 Å². The lowest BCUT2D eigenvalue weighted by molar-refractivity contribution is -0.872. The van der Waals surface area contributed by atoms with Gasteiger partial charge in [-0.3, -0.25) is 0 Å². The van der Waals surface area contributed by atoms with Gasteiger partial charge in [0.2, 0.25) is 5.85 Å². The van der Waals surface area contributed by atoms with Crippen molar-refractivity contribution in [2.24, 2.45) is 0 Å². The summed E-state index contributed by atoms with van der Waals surface area (Å²) >= 11 is 0. The van der Waals surface area contributed by atoms with Gasteiger partial charge in [0.25, 0.3) is 0 Å². The molecule has 34 heavy (non-hydrogen) atoms. The molecule has 198 valence electrons. The van der Waals surface area contributed by atoms with E-state index >= 15 is 0 Å². The number of unbranched alkanes of at least 4 members (excludes halogenated alkanes) is 6. The fraction of sp³-hybridized carbons (Fsp3) is 0.696. The van der Waals surface area contributed by atoms with Gasteiger partial charge >= 0.3 is 13.8 Å². The van der Waals surface area contributed by atoms with Gasteiger partial charge < -0.3 is 28.5 Å². The monoisotopic (exact) mass is 513 g/mol. The number of carboxylic acids is 1. The van der Waals surface area contributed by atoms with Crippen molar-refractivity contribution >= 4 is 13.6 Å². The molecule has 0 saturated carbocycles. The lowest BCUT2D eigenvalue weighted by Crippen LogP contribution is -2.42. The molecule has 0 radical (unpaired) electrons. The normalized spacial score (nSPS) is 14.5. The quantitative estimate of drug-likeness (QED) is 0.223. The van der Waals surface area contributed by atoms with E-state index in [4.69, 9.17) is 19.2 Å². The Morgan fingerprint density at radius 2 is 1.53 bits per heavy atom. The number of carboxylic acid groups (broad SMARTS) is 1. The number of nitrogens with zero attached hydrogens (tertiary/aromatic N) is 1. The van der Waals surface area contributed by atoms with Crippen LogP contribution in [-0.4, -0.2) is 62.2 Å². The molecular weight excluding hydrogens is 474 g/mol. The molecule has 0 aromatic heterocycles. The van der Waals surface area contributed by atoms with Gasteiger partial charge in [0.05, 0.1) is 21.1 Å². The minimum atomic E-state index is -5.19. The van der Waals surface area contributed by atoms with E-state index in [0.717, 1.165) is 6.42 Å². The number of methoxy groups -OCH3 is 1. The van der Waals surface area contributed by atoms with Crippen LogP contribution in [0.3, 0.4) is 0 Å². The highest BCUT2D eigenvalue weighted by Crippen LogP contribution is 2.48. The third kappa shape index (κ3) is 15.3. The Hall–Kier alpha value is -1.61. The highest BCUT2D eigenvalue weighted by Gasteiger charge is 2.38. The molecule has 1 N–H and O–H groups in total. The number of hydrogen-bond acceptors (Lipinski definition) is 5. The molecule has 0 heterocycles. The Bertz CT molecular complexity index is 751. The molecule has 0 saturated heterocycles. The number of likely N-dealkylation sites (N-methyl/N-ethyl adjacent to an activating group) is 1. The maximum absolute atomic E-state index is 12.6. The summed E-state index contributed by atoms with van der Waals surface area (Å²) in [6.07, 6.45) is 4.90. The van der Waals surface area contributed by atoms with E-state index in [9.17, 15) is 22.6 Å². The first-order valence-corrected chi connectivity index (χ1v) is 13.0. The number of aryl methyl sites for hydroxylation is 1. The molecule has 1 aromatic carbocycles. The Balaban J connectivity index is 0.00000135. The van der Waals surface area contributed by atoms with E-state index in [2.05, 4.69) is 6.92 Å². The summed E-state index contributed by atoms with van der Waals surface area (Å²) in [7, 11) is 3.38. The zero-order valence-corrected chi connectivity index (χ0v) is 21.7. The van der Waals surface area contributed by atoms with Crippen LogP contribution in [0.1, 0.15) is 57.4 Å². The fourth-order valence-corrected chi connectivity index (χ4v) is 4.50. The molecule has 0 amide bonds. The van der Waals surface area contributed by atoms with E-state index in [1.165, 1.54) is 57.6 Å².